The van der Waals surface area contributed by atoms with Crippen LogP contribution in [-0.2, 0) is 14.4 Å². The maximum Gasteiger partial charge on any atom is 0.233 e. The molecule has 2 fully saturated rings. The molecule has 1 saturated carbocycles. The fraction of sp³-hybridized carbons (Fsp3) is 0.842. The highest BCUT2D eigenvalue weighted by Crippen LogP contribution is 2.36. The molecule has 4 heteroatoms. The number of likely N-dealkylation sites (tertiary alicyclic amines) is 1. The van der Waals surface area contributed by atoms with E-state index in [4.69, 9.17) is 0 Å². The summed E-state index contributed by atoms with van der Waals surface area (Å²) in [5, 5.41) is 0. The summed E-state index contributed by atoms with van der Waals surface area (Å²) in [5.74, 6) is 0.565. The van der Waals surface area contributed by atoms with Gasteiger partial charge >= 0.3 is 0 Å². The van der Waals surface area contributed by atoms with E-state index in [9.17, 15) is 14.4 Å². The third-order valence-electron chi connectivity index (χ3n) is 5.90. The van der Waals surface area contributed by atoms with Crippen LogP contribution in [0.4, 0.5) is 0 Å². The lowest BCUT2D eigenvalue weighted by molar-refractivity contribution is -0.141. The maximum absolute atomic E-state index is 12.8. The van der Waals surface area contributed by atoms with E-state index in [2.05, 4.69) is 13.8 Å². The third-order valence-corrected chi connectivity index (χ3v) is 5.90. The van der Waals surface area contributed by atoms with Crippen LogP contribution in [0.15, 0.2) is 0 Å². The number of hydrogen-bond acceptors (Lipinski definition) is 3. The molecule has 3 atom stereocenters. The molecule has 0 radical (unpaired) electrons. The molecule has 2 amide bonds. The van der Waals surface area contributed by atoms with E-state index in [0.29, 0.717) is 12.5 Å². The molecule has 0 aromatic heterocycles. The number of nitrogens with zero attached hydrogens (tertiary/aromatic N) is 1. The van der Waals surface area contributed by atoms with Gasteiger partial charge in [-0.3, -0.25) is 14.5 Å². The van der Waals surface area contributed by atoms with Crippen molar-refractivity contribution < 1.29 is 14.4 Å². The highest BCUT2D eigenvalue weighted by Gasteiger charge is 2.47. The van der Waals surface area contributed by atoms with Crippen LogP contribution in [0.1, 0.15) is 65.7 Å². The van der Waals surface area contributed by atoms with Crippen molar-refractivity contribution in [2.75, 3.05) is 6.54 Å². The quantitative estimate of drug-likeness (QED) is 0.533. The number of amides is 2. The molecule has 3 unspecified atom stereocenters. The number of aldehydes is 1. The van der Waals surface area contributed by atoms with Gasteiger partial charge in [0.05, 0.1) is 5.92 Å². The number of carbonyl (C=O) groups excluding carboxylic acids is 3. The number of carbonyl (C=O) groups is 3. The van der Waals surface area contributed by atoms with Gasteiger partial charge in [-0.15, -0.1) is 0 Å². The van der Waals surface area contributed by atoms with E-state index < -0.39 is 0 Å². The highest BCUT2D eigenvalue weighted by molar-refractivity contribution is 6.05. The van der Waals surface area contributed by atoms with Crippen molar-refractivity contribution in [3.8, 4) is 0 Å². The minimum atomic E-state index is -0.180. The summed E-state index contributed by atoms with van der Waals surface area (Å²) in [6, 6.07) is 0. The van der Waals surface area contributed by atoms with Crippen molar-refractivity contribution in [1.29, 1.82) is 0 Å². The second kappa shape index (κ2) is 8.07. The van der Waals surface area contributed by atoms with E-state index in [1.807, 2.05) is 6.92 Å². The van der Waals surface area contributed by atoms with E-state index in [1.165, 1.54) is 4.90 Å². The second-order valence-electron chi connectivity index (χ2n) is 7.64. The first-order valence-electron chi connectivity index (χ1n) is 9.30. The first kappa shape index (κ1) is 18.2. The van der Waals surface area contributed by atoms with Crippen LogP contribution >= 0.6 is 0 Å². The van der Waals surface area contributed by atoms with Gasteiger partial charge < -0.3 is 4.79 Å². The van der Waals surface area contributed by atoms with Gasteiger partial charge in [-0.2, -0.15) is 0 Å². The summed E-state index contributed by atoms with van der Waals surface area (Å²) < 4.78 is 0. The van der Waals surface area contributed by atoms with Gasteiger partial charge in [-0.1, -0.05) is 33.6 Å². The summed E-state index contributed by atoms with van der Waals surface area (Å²) in [5.41, 5.74) is 0. The number of unbranched alkanes of at least 4 members (excludes halogenated alkanes) is 1. The van der Waals surface area contributed by atoms with Gasteiger partial charge in [-0.05, 0) is 43.9 Å². The first-order valence-corrected chi connectivity index (χ1v) is 9.30. The van der Waals surface area contributed by atoms with Crippen LogP contribution in [0.5, 0.6) is 0 Å². The molecule has 2 rings (SSSR count). The van der Waals surface area contributed by atoms with Gasteiger partial charge in [0.15, 0.2) is 0 Å². The standard InChI is InChI=1S/C19H31NO3/c1-4-5-6-13(2)17-14(3)18(22)20(19(17)23)11-15-7-9-16(12-21)10-8-15/h12-17H,4-11H2,1-3H3. The van der Waals surface area contributed by atoms with Gasteiger partial charge in [-0.25, -0.2) is 0 Å². The Morgan fingerprint density at radius 1 is 1.17 bits per heavy atom. The number of imide groups is 1. The van der Waals surface area contributed by atoms with Crippen LogP contribution in [0.25, 0.3) is 0 Å². The zero-order chi connectivity index (χ0) is 17.0. The molecule has 0 bridgehead atoms. The van der Waals surface area contributed by atoms with Gasteiger partial charge in [0, 0.05) is 18.4 Å². The molecule has 2 aliphatic rings. The summed E-state index contributed by atoms with van der Waals surface area (Å²) in [6.07, 6.45) is 8.00. The Kier molecular flexibility index (Phi) is 6.37. The second-order valence-corrected chi connectivity index (χ2v) is 7.64. The molecule has 1 heterocycles. The average Bonchev–Trinajstić information content (AvgIpc) is 2.77. The van der Waals surface area contributed by atoms with Crippen LogP contribution in [0.3, 0.4) is 0 Å². The maximum atomic E-state index is 12.8. The van der Waals surface area contributed by atoms with Crippen molar-refractivity contribution in [3.05, 3.63) is 0 Å². The summed E-state index contributed by atoms with van der Waals surface area (Å²) >= 11 is 0. The van der Waals surface area contributed by atoms with Crippen molar-refractivity contribution in [2.24, 2.45) is 29.6 Å². The molecule has 0 N–H and O–H groups in total. The van der Waals surface area contributed by atoms with Crippen LogP contribution in [0.2, 0.25) is 0 Å². The van der Waals surface area contributed by atoms with Crippen molar-refractivity contribution in [2.45, 2.75) is 65.7 Å². The monoisotopic (exact) mass is 321 g/mol. The van der Waals surface area contributed by atoms with Crippen molar-refractivity contribution in [1.82, 2.24) is 4.90 Å². The van der Waals surface area contributed by atoms with E-state index in [0.717, 1.165) is 51.2 Å². The lowest BCUT2D eigenvalue weighted by atomic mass is 9.82. The first-order chi connectivity index (χ1) is 11.0. The average molecular weight is 321 g/mol. The van der Waals surface area contributed by atoms with Crippen LogP contribution in [0, 0.1) is 29.6 Å². The molecule has 23 heavy (non-hydrogen) atoms. The Hall–Kier alpha value is -1.19. The third kappa shape index (κ3) is 4.02. The predicted molar refractivity (Wildman–Crippen MR) is 89.6 cm³/mol. The largest absolute Gasteiger partial charge is 0.303 e. The smallest absolute Gasteiger partial charge is 0.233 e. The van der Waals surface area contributed by atoms with E-state index >= 15 is 0 Å². The Balaban J connectivity index is 1.96. The minimum absolute atomic E-state index is 0.0147. The molecule has 1 aliphatic carbocycles. The SMILES string of the molecule is CCCCC(C)C1C(=O)N(CC2CCC(C=O)CC2)C(=O)C1C. The fourth-order valence-corrected chi connectivity index (χ4v) is 4.29. The number of rotatable bonds is 7. The summed E-state index contributed by atoms with van der Waals surface area (Å²) in [7, 11) is 0. The van der Waals surface area contributed by atoms with Crippen molar-refractivity contribution >= 4 is 18.1 Å². The highest BCUT2D eigenvalue weighted by atomic mass is 16.2. The van der Waals surface area contributed by atoms with Gasteiger partial charge in [0.2, 0.25) is 11.8 Å². The van der Waals surface area contributed by atoms with E-state index in [1.54, 1.807) is 0 Å². The van der Waals surface area contributed by atoms with Gasteiger partial charge in [0.25, 0.3) is 0 Å². The Morgan fingerprint density at radius 3 is 2.39 bits per heavy atom. The van der Waals surface area contributed by atoms with Crippen molar-refractivity contribution in [3.63, 3.8) is 0 Å². The fourth-order valence-electron chi connectivity index (χ4n) is 4.29. The summed E-state index contributed by atoms with van der Waals surface area (Å²) in [6.45, 7) is 6.74. The molecule has 0 aromatic carbocycles. The molecule has 1 saturated heterocycles. The van der Waals surface area contributed by atoms with E-state index in [-0.39, 0.29) is 35.5 Å². The zero-order valence-corrected chi connectivity index (χ0v) is 14.8. The normalized spacial score (nSPS) is 33.1. The zero-order valence-electron chi connectivity index (χ0n) is 14.8. The lowest BCUT2D eigenvalue weighted by Crippen LogP contribution is -2.37. The topological polar surface area (TPSA) is 54.5 Å². The lowest BCUT2D eigenvalue weighted by Gasteiger charge is -2.28. The Bertz CT molecular complexity index is 440. The Morgan fingerprint density at radius 2 is 1.83 bits per heavy atom. The van der Waals surface area contributed by atoms with Gasteiger partial charge in [0.1, 0.15) is 6.29 Å². The molecule has 0 aromatic rings. The Labute approximate surface area is 140 Å². The molecule has 1 aliphatic heterocycles. The molecule has 4 nitrogen and oxygen atoms in total. The molecule has 0 spiro atoms. The van der Waals surface area contributed by atoms with Crippen LogP contribution in [-0.4, -0.2) is 29.5 Å². The number of hydrogen-bond donors (Lipinski definition) is 0. The molecular formula is C19H31NO3. The molecular weight excluding hydrogens is 290 g/mol. The minimum Gasteiger partial charge on any atom is -0.303 e. The molecule has 130 valence electrons. The predicted octanol–water partition coefficient (Wildman–Crippen LogP) is 3.44. The van der Waals surface area contributed by atoms with Crippen LogP contribution < -0.4 is 0 Å². The summed E-state index contributed by atoms with van der Waals surface area (Å²) in [4.78, 5) is 37.7.